The second kappa shape index (κ2) is 6.35. The standard InChI is InChI=1S/C12H19NO3/c1-9-4-5-11(12(6-9)15-3)16-8-10(14)7-13-2/h4-6,10,13-14H,7-8H2,1-3H3. The SMILES string of the molecule is CNCC(O)COc1ccc(C)cc1OC. The topological polar surface area (TPSA) is 50.7 Å². The molecule has 0 amide bonds. The van der Waals surface area contributed by atoms with Crippen molar-refractivity contribution < 1.29 is 14.6 Å². The predicted octanol–water partition coefficient (Wildman–Crippen LogP) is 0.963. The van der Waals surface area contributed by atoms with Gasteiger partial charge in [0.2, 0.25) is 0 Å². The first-order valence-electron chi connectivity index (χ1n) is 5.27. The minimum atomic E-state index is -0.518. The molecule has 0 saturated heterocycles. The Morgan fingerprint density at radius 1 is 1.38 bits per heavy atom. The predicted molar refractivity (Wildman–Crippen MR) is 63.2 cm³/mol. The lowest BCUT2D eigenvalue weighted by molar-refractivity contribution is 0.106. The zero-order chi connectivity index (χ0) is 12.0. The van der Waals surface area contributed by atoms with Crippen LogP contribution in [0, 0.1) is 6.92 Å². The van der Waals surface area contributed by atoms with Crippen molar-refractivity contribution in [1.29, 1.82) is 0 Å². The molecule has 0 fully saturated rings. The van der Waals surface area contributed by atoms with Gasteiger partial charge in [-0.1, -0.05) is 6.07 Å². The lowest BCUT2D eigenvalue weighted by atomic mass is 10.2. The summed E-state index contributed by atoms with van der Waals surface area (Å²) in [6.07, 6.45) is -0.518. The maximum Gasteiger partial charge on any atom is 0.161 e. The van der Waals surface area contributed by atoms with Gasteiger partial charge in [0.1, 0.15) is 12.7 Å². The molecule has 90 valence electrons. The van der Waals surface area contributed by atoms with E-state index in [9.17, 15) is 5.11 Å². The summed E-state index contributed by atoms with van der Waals surface area (Å²) in [4.78, 5) is 0. The van der Waals surface area contributed by atoms with Gasteiger partial charge in [0.15, 0.2) is 11.5 Å². The molecule has 0 aromatic heterocycles. The van der Waals surface area contributed by atoms with Crippen molar-refractivity contribution in [3.8, 4) is 11.5 Å². The molecule has 0 aliphatic rings. The molecule has 0 heterocycles. The molecule has 0 saturated carbocycles. The van der Waals surface area contributed by atoms with Crippen molar-refractivity contribution in [1.82, 2.24) is 5.32 Å². The Labute approximate surface area is 96.2 Å². The van der Waals surface area contributed by atoms with E-state index in [4.69, 9.17) is 9.47 Å². The number of hydrogen-bond acceptors (Lipinski definition) is 4. The van der Waals surface area contributed by atoms with E-state index in [1.807, 2.05) is 25.1 Å². The molecule has 0 aliphatic heterocycles. The van der Waals surface area contributed by atoms with E-state index < -0.39 is 6.10 Å². The van der Waals surface area contributed by atoms with E-state index >= 15 is 0 Å². The van der Waals surface area contributed by atoms with E-state index in [1.165, 1.54) is 0 Å². The number of benzene rings is 1. The molecular formula is C12H19NO3. The van der Waals surface area contributed by atoms with Crippen LogP contribution in [0.2, 0.25) is 0 Å². The van der Waals surface area contributed by atoms with Crippen LogP contribution in [0.4, 0.5) is 0 Å². The quantitative estimate of drug-likeness (QED) is 0.757. The molecule has 4 nitrogen and oxygen atoms in total. The Hall–Kier alpha value is -1.26. The van der Waals surface area contributed by atoms with Crippen LogP contribution in [0.5, 0.6) is 11.5 Å². The highest BCUT2D eigenvalue weighted by Crippen LogP contribution is 2.27. The summed E-state index contributed by atoms with van der Waals surface area (Å²) in [5.74, 6) is 1.35. The number of methoxy groups -OCH3 is 1. The van der Waals surface area contributed by atoms with Gasteiger partial charge in [0, 0.05) is 6.54 Å². The molecule has 4 heteroatoms. The van der Waals surface area contributed by atoms with Crippen LogP contribution in [0.15, 0.2) is 18.2 Å². The summed E-state index contributed by atoms with van der Waals surface area (Å²) >= 11 is 0. The lowest BCUT2D eigenvalue weighted by Gasteiger charge is -2.14. The van der Waals surface area contributed by atoms with Gasteiger partial charge in [-0.05, 0) is 31.7 Å². The second-order valence-corrected chi connectivity index (χ2v) is 3.68. The molecule has 1 aromatic rings. The summed E-state index contributed by atoms with van der Waals surface area (Å²) < 4.78 is 10.7. The Bertz CT molecular complexity index is 328. The molecule has 0 radical (unpaired) electrons. The highest BCUT2D eigenvalue weighted by molar-refractivity contribution is 5.42. The summed E-state index contributed by atoms with van der Waals surface area (Å²) in [6.45, 7) is 2.75. The second-order valence-electron chi connectivity index (χ2n) is 3.68. The fourth-order valence-corrected chi connectivity index (χ4v) is 1.37. The minimum Gasteiger partial charge on any atom is -0.493 e. The van der Waals surface area contributed by atoms with Gasteiger partial charge in [0.05, 0.1) is 7.11 Å². The summed E-state index contributed by atoms with van der Waals surface area (Å²) in [7, 11) is 3.39. The van der Waals surface area contributed by atoms with Crippen LogP contribution in [0.1, 0.15) is 5.56 Å². The van der Waals surface area contributed by atoms with Crippen molar-refractivity contribution in [3.63, 3.8) is 0 Å². The molecule has 16 heavy (non-hydrogen) atoms. The molecule has 1 unspecified atom stereocenters. The van der Waals surface area contributed by atoms with Crippen LogP contribution >= 0.6 is 0 Å². The third-order valence-electron chi connectivity index (χ3n) is 2.19. The van der Waals surface area contributed by atoms with Crippen molar-refractivity contribution in [2.24, 2.45) is 0 Å². The summed E-state index contributed by atoms with van der Waals surface area (Å²) in [6, 6.07) is 5.70. The highest BCUT2D eigenvalue weighted by atomic mass is 16.5. The number of aryl methyl sites for hydroxylation is 1. The zero-order valence-electron chi connectivity index (χ0n) is 9.99. The van der Waals surface area contributed by atoms with Gasteiger partial charge in [-0.25, -0.2) is 0 Å². The Morgan fingerprint density at radius 3 is 2.75 bits per heavy atom. The van der Waals surface area contributed by atoms with Gasteiger partial charge in [-0.15, -0.1) is 0 Å². The fourth-order valence-electron chi connectivity index (χ4n) is 1.37. The summed E-state index contributed by atoms with van der Waals surface area (Å²) in [5.41, 5.74) is 1.11. The maximum absolute atomic E-state index is 9.50. The van der Waals surface area contributed by atoms with Gasteiger partial charge in [0.25, 0.3) is 0 Å². The Balaban J connectivity index is 2.59. The first-order valence-corrected chi connectivity index (χ1v) is 5.27. The number of hydrogen-bond donors (Lipinski definition) is 2. The Morgan fingerprint density at radius 2 is 2.12 bits per heavy atom. The monoisotopic (exact) mass is 225 g/mol. The maximum atomic E-state index is 9.50. The number of ether oxygens (including phenoxy) is 2. The van der Waals surface area contributed by atoms with Gasteiger partial charge < -0.3 is 19.9 Å². The summed E-state index contributed by atoms with van der Waals surface area (Å²) in [5, 5.41) is 12.4. The van der Waals surface area contributed by atoms with E-state index in [1.54, 1.807) is 14.2 Å². The molecule has 1 atom stereocenters. The van der Waals surface area contributed by atoms with Crippen molar-refractivity contribution >= 4 is 0 Å². The van der Waals surface area contributed by atoms with Crippen LogP contribution in [-0.2, 0) is 0 Å². The largest absolute Gasteiger partial charge is 0.493 e. The van der Waals surface area contributed by atoms with Gasteiger partial charge in [-0.3, -0.25) is 0 Å². The Kier molecular flexibility index (Phi) is 5.08. The van der Waals surface area contributed by atoms with Crippen LogP contribution in [0.3, 0.4) is 0 Å². The molecular weight excluding hydrogens is 206 g/mol. The third kappa shape index (κ3) is 3.72. The van der Waals surface area contributed by atoms with Crippen LogP contribution in [-0.4, -0.2) is 38.5 Å². The number of likely N-dealkylation sites (N-methyl/N-ethyl adjacent to an activating group) is 1. The molecule has 2 N–H and O–H groups in total. The smallest absolute Gasteiger partial charge is 0.161 e. The zero-order valence-corrected chi connectivity index (χ0v) is 9.99. The lowest BCUT2D eigenvalue weighted by Crippen LogP contribution is -2.29. The fraction of sp³-hybridized carbons (Fsp3) is 0.500. The average molecular weight is 225 g/mol. The molecule has 1 rings (SSSR count). The number of nitrogens with one attached hydrogen (secondary N) is 1. The van der Waals surface area contributed by atoms with Crippen LogP contribution in [0.25, 0.3) is 0 Å². The van der Waals surface area contributed by atoms with Crippen LogP contribution < -0.4 is 14.8 Å². The van der Waals surface area contributed by atoms with Crippen molar-refractivity contribution in [2.45, 2.75) is 13.0 Å². The molecule has 0 aliphatic carbocycles. The van der Waals surface area contributed by atoms with Crippen molar-refractivity contribution in [2.75, 3.05) is 27.3 Å². The average Bonchev–Trinajstić information content (AvgIpc) is 2.27. The number of rotatable bonds is 6. The first kappa shape index (κ1) is 12.8. The molecule has 0 spiro atoms. The number of aliphatic hydroxyl groups excluding tert-OH is 1. The van der Waals surface area contributed by atoms with E-state index in [2.05, 4.69) is 5.32 Å². The normalized spacial score (nSPS) is 12.2. The van der Waals surface area contributed by atoms with E-state index in [-0.39, 0.29) is 6.61 Å². The van der Waals surface area contributed by atoms with Crippen molar-refractivity contribution in [3.05, 3.63) is 23.8 Å². The highest BCUT2D eigenvalue weighted by Gasteiger charge is 2.07. The van der Waals surface area contributed by atoms with Gasteiger partial charge in [-0.2, -0.15) is 0 Å². The molecule has 1 aromatic carbocycles. The first-order chi connectivity index (χ1) is 7.67. The minimum absolute atomic E-state index is 0.250. The molecule has 0 bridgehead atoms. The van der Waals surface area contributed by atoms with E-state index in [0.717, 1.165) is 5.56 Å². The van der Waals surface area contributed by atoms with E-state index in [0.29, 0.717) is 18.0 Å². The third-order valence-corrected chi connectivity index (χ3v) is 2.19. The van der Waals surface area contributed by atoms with Gasteiger partial charge >= 0.3 is 0 Å². The number of aliphatic hydroxyl groups is 1.